The summed E-state index contributed by atoms with van der Waals surface area (Å²) >= 11 is 6.48. The lowest BCUT2D eigenvalue weighted by Gasteiger charge is -2.39. The summed E-state index contributed by atoms with van der Waals surface area (Å²) in [6.45, 7) is 6.03. The summed E-state index contributed by atoms with van der Waals surface area (Å²) < 4.78 is 57.7. The van der Waals surface area contributed by atoms with Gasteiger partial charge in [-0.05, 0) is 56.2 Å². The molecule has 2 heterocycles. The number of halogens is 4. The number of carbonyl (C=O) groups is 2. The van der Waals surface area contributed by atoms with Gasteiger partial charge in [-0.2, -0.15) is 0 Å². The summed E-state index contributed by atoms with van der Waals surface area (Å²) in [5, 5.41) is 2.99. The van der Waals surface area contributed by atoms with E-state index in [0.717, 1.165) is 0 Å². The molecule has 1 fully saturated rings. The number of ether oxygens (including phenoxy) is 4. The predicted molar refractivity (Wildman–Crippen MR) is 146 cm³/mol. The van der Waals surface area contributed by atoms with Crippen molar-refractivity contribution < 1.29 is 41.7 Å². The minimum atomic E-state index is -4.79. The Morgan fingerprint density at radius 3 is 2.38 bits per heavy atom. The normalized spacial score (nSPS) is 13.7. The third-order valence-electron chi connectivity index (χ3n) is 5.81. The van der Waals surface area contributed by atoms with Gasteiger partial charge >= 0.3 is 18.4 Å². The first-order valence-corrected chi connectivity index (χ1v) is 13.1. The van der Waals surface area contributed by atoms with Crippen LogP contribution in [0.5, 0.6) is 11.5 Å². The van der Waals surface area contributed by atoms with Gasteiger partial charge in [0.1, 0.15) is 23.2 Å². The van der Waals surface area contributed by atoms with Gasteiger partial charge < -0.3 is 29.2 Å². The molecule has 0 bridgehead atoms. The SMILES string of the molecule is COC(=O)c1cc(-c2cnc(NCc3cccc(OC(F)(F)F)c3)nc2)cc(OC2CN(C(=O)OC(C)(C)C)C2)c1Cl. The van der Waals surface area contributed by atoms with E-state index in [1.54, 1.807) is 32.9 Å². The number of amides is 1. The molecule has 1 aromatic heterocycles. The second-order valence-corrected chi connectivity index (χ2v) is 10.7. The van der Waals surface area contributed by atoms with E-state index in [4.69, 9.17) is 25.8 Å². The van der Waals surface area contributed by atoms with Crippen molar-refractivity contribution in [2.45, 2.75) is 45.4 Å². The number of likely N-dealkylation sites (tertiary alicyclic amines) is 1. The number of aromatic nitrogens is 2. The van der Waals surface area contributed by atoms with Crippen LogP contribution in [0.1, 0.15) is 36.7 Å². The van der Waals surface area contributed by atoms with Crippen molar-refractivity contribution >= 4 is 29.6 Å². The van der Waals surface area contributed by atoms with E-state index in [1.165, 1.54) is 48.7 Å². The molecule has 2 aromatic carbocycles. The Bertz CT molecular complexity index is 1440. The maximum atomic E-state index is 12.5. The molecule has 0 aliphatic carbocycles. The number of alkyl halides is 3. The highest BCUT2D eigenvalue weighted by atomic mass is 35.5. The first kappa shape index (κ1) is 30.7. The van der Waals surface area contributed by atoms with Gasteiger partial charge in [0.05, 0.1) is 30.8 Å². The van der Waals surface area contributed by atoms with Gasteiger partial charge in [-0.25, -0.2) is 19.6 Å². The molecule has 3 aromatic rings. The molecule has 0 spiro atoms. The lowest BCUT2D eigenvalue weighted by atomic mass is 10.0. The van der Waals surface area contributed by atoms with Gasteiger partial charge in [-0.15, -0.1) is 13.2 Å². The van der Waals surface area contributed by atoms with E-state index < -0.39 is 24.0 Å². The number of anilines is 1. The highest BCUT2D eigenvalue weighted by Crippen LogP contribution is 2.36. The van der Waals surface area contributed by atoms with Crippen molar-refractivity contribution in [1.82, 2.24) is 14.9 Å². The maximum Gasteiger partial charge on any atom is 0.573 e. The molecule has 1 amide bonds. The van der Waals surface area contributed by atoms with Crippen LogP contribution in [0.3, 0.4) is 0 Å². The average molecular weight is 609 g/mol. The first-order valence-electron chi connectivity index (χ1n) is 12.7. The quantitative estimate of drug-likeness (QED) is 0.304. The lowest BCUT2D eigenvalue weighted by Crippen LogP contribution is -2.57. The monoisotopic (exact) mass is 608 g/mol. The zero-order valence-electron chi connectivity index (χ0n) is 23.1. The molecular weight excluding hydrogens is 581 g/mol. The molecule has 0 saturated carbocycles. The van der Waals surface area contributed by atoms with E-state index >= 15 is 0 Å². The van der Waals surface area contributed by atoms with E-state index in [0.29, 0.717) is 16.7 Å². The summed E-state index contributed by atoms with van der Waals surface area (Å²) in [4.78, 5) is 34.7. The number of hydrogen-bond acceptors (Lipinski definition) is 9. The predicted octanol–water partition coefficient (Wildman–Crippen LogP) is 6.09. The largest absolute Gasteiger partial charge is 0.573 e. The summed E-state index contributed by atoms with van der Waals surface area (Å²) in [5.41, 5.74) is 1.00. The zero-order valence-corrected chi connectivity index (χ0v) is 23.9. The number of benzene rings is 2. The summed E-state index contributed by atoms with van der Waals surface area (Å²) in [6, 6.07) is 8.68. The van der Waals surface area contributed by atoms with Crippen LogP contribution in [0.25, 0.3) is 11.1 Å². The van der Waals surface area contributed by atoms with Crippen LogP contribution in [0.4, 0.5) is 23.9 Å². The summed E-state index contributed by atoms with van der Waals surface area (Å²) in [7, 11) is 1.23. The molecule has 10 nitrogen and oxygen atoms in total. The molecule has 4 rings (SSSR count). The van der Waals surface area contributed by atoms with Gasteiger partial charge in [0, 0.05) is 24.5 Å². The van der Waals surface area contributed by atoms with Gasteiger partial charge in [0.25, 0.3) is 0 Å². The van der Waals surface area contributed by atoms with Crippen molar-refractivity contribution in [3.63, 3.8) is 0 Å². The van der Waals surface area contributed by atoms with Crippen LogP contribution in [-0.4, -0.2) is 65.2 Å². The molecule has 0 unspecified atom stereocenters. The fourth-order valence-electron chi connectivity index (χ4n) is 3.88. The minimum Gasteiger partial charge on any atom is -0.485 e. The Labute approximate surface area is 244 Å². The topological polar surface area (TPSA) is 112 Å². The van der Waals surface area contributed by atoms with E-state index in [-0.39, 0.29) is 53.8 Å². The molecule has 0 atom stereocenters. The Kier molecular flexibility index (Phi) is 9.00. The van der Waals surface area contributed by atoms with Crippen molar-refractivity contribution in [2.75, 3.05) is 25.5 Å². The van der Waals surface area contributed by atoms with Gasteiger partial charge in [-0.3, -0.25) is 0 Å². The van der Waals surface area contributed by atoms with Crippen LogP contribution in [0.15, 0.2) is 48.8 Å². The van der Waals surface area contributed by atoms with Crippen molar-refractivity contribution in [1.29, 1.82) is 0 Å². The smallest absolute Gasteiger partial charge is 0.485 e. The number of rotatable bonds is 8. The van der Waals surface area contributed by atoms with Crippen LogP contribution in [-0.2, 0) is 16.0 Å². The molecule has 1 aliphatic rings. The van der Waals surface area contributed by atoms with Gasteiger partial charge in [0.15, 0.2) is 0 Å². The first-order chi connectivity index (χ1) is 19.7. The van der Waals surface area contributed by atoms with Crippen LogP contribution >= 0.6 is 11.6 Å². The van der Waals surface area contributed by atoms with E-state index in [1.807, 2.05) is 0 Å². The molecule has 1 saturated heterocycles. The Balaban J connectivity index is 1.46. The number of nitrogens with zero attached hydrogens (tertiary/aromatic N) is 3. The average Bonchev–Trinajstić information content (AvgIpc) is 2.88. The molecule has 0 radical (unpaired) electrons. The Morgan fingerprint density at radius 1 is 1.07 bits per heavy atom. The highest BCUT2D eigenvalue weighted by Gasteiger charge is 2.36. The lowest BCUT2D eigenvalue weighted by molar-refractivity contribution is -0.274. The van der Waals surface area contributed by atoms with Crippen LogP contribution in [0, 0.1) is 0 Å². The third-order valence-corrected chi connectivity index (χ3v) is 6.20. The Morgan fingerprint density at radius 2 is 1.76 bits per heavy atom. The third kappa shape index (κ3) is 8.15. The number of nitrogens with one attached hydrogen (secondary N) is 1. The molecule has 42 heavy (non-hydrogen) atoms. The maximum absolute atomic E-state index is 12.5. The Hall–Kier alpha value is -4.26. The van der Waals surface area contributed by atoms with Crippen molar-refractivity contribution in [3.05, 3.63) is 64.9 Å². The second-order valence-electron chi connectivity index (χ2n) is 10.3. The summed E-state index contributed by atoms with van der Waals surface area (Å²) in [6.07, 6.45) is -2.62. The molecular formula is C28H28ClF3N4O6. The van der Waals surface area contributed by atoms with Crippen molar-refractivity contribution in [2.24, 2.45) is 0 Å². The molecule has 1 aliphatic heterocycles. The molecule has 224 valence electrons. The fourth-order valence-corrected chi connectivity index (χ4v) is 4.11. The van der Waals surface area contributed by atoms with Crippen LogP contribution in [0.2, 0.25) is 5.02 Å². The molecule has 1 N–H and O–H groups in total. The van der Waals surface area contributed by atoms with E-state index in [2.05, 4.69) is 20.0 Å². The zero-order chi connectivity index (χ0) is 30.7. The number of carbonyl (C=O) groups excluding carboxylic acids is 2. The molecule has 14 heteroatoms. The minimum absolute atomic E-state index is 0.0530. The fraction of sp³-hybridized carbons (Fsp3) is 0.357. The van der Waals surface area contributed by atoms with Crippen LogP contribution < -0.4 is 14.8 Å². The number of esters is 1. The van der Waals surface area contributed by atoms with Gasteiger partial charge in [-0.1, -0.05) is 23.7 Å². The van der Waals surface area contributed by atoms with Gasteiger partial charge in [0.2, 0.25) is 5.95 Å². The summed E-state index contributed by atoms with van der Waals surface area (Å²) in [5.74, 6) is -0.575. The number of methoxy groups -OCH3 is 1. The van der Waals surface area contributed by atoms with E-state index in [9.17, 15) is 22.8 Å². The highest BCUT2D eigenvalue weighted by molar-refractivity contribution is 6.35. The number of hydrogen-bond donors (Lipinski definition) is 1. The second kappa shape index (κ2) is 12.3. The van der Waals surface area contributed by atoms with Crippen molar-refractivity contribution in [3.8, 4) is 22.6 Å². The standard InChI is InChI=1S/C28H28ClF3N4O6/c1-27(2,3)42-26(38)36-14-20(15-36)40-22-10-17(9-21(23(22)29)24(37)39-4)18-12-34-25(35-13-18)33-11-16-6-5-7-19(8-16)41-28(30,31)32/h5-10,12-13,20H,11,14-15H2,1-4H3,(H,33,34,35).